The van der Waals surface area contributed by atoms with E-state index >= 15 is 0 Å². The summed E-state index contributed by atoms with van der Waals surface area (Å²) in [5, 5.41) is 2.05. The zero-order chi connectivity index (χ0) is 14.7. The molecule has 0 aromatic carbocycles. The third-order valence-electron chi connectivity index (χ3n) is 3.18. The first-order valence-electron chi connectivity index (χ1n) is 6.27. The monoisotopic (exact) mass is 461 g/mol. The molecule has 1 saturated carbocycles. The van der Waals surface area contributed by atoms with Crippen LogP contribution in [-0.4, -0.2) is 22.2 Å². The number of rotatable bonds is 2. The molecule has 2 aliphatic rings. The van der Waals surface area contributed by atoms with Crippen LogP contribution in [0, 0.1) is 0 Å². The molecule has 0 unspecified atom stereocenters. The van der Waals surface area contributed by atoms with Gasteiger partial charge >= 0.3 is 133 Å². The molecule has 1 aliphatic heterocycles. The fourth-order valence-corrected chi connectivity index (χ4v) is 4.53. The Morgan fingerprint density at radius 2 is 2.10 bits per heavy atom. The number of amides is 2. The summed E-state index contributed by atoms with van der Waals surface area (Å²) in [6.45, 7) is 3.82. The topological polar surface area (TPSA) is 55.4 Å². The molecule has 106 valence electrons. The number of ether oxygens (including phenoxy) is 1. The summed E-state index contributed by atoms with van der Waals surface area (Å²) in [5.41, 5.74) is 2.18. The van der Waals surface area contributed by atoms with E-state index in [-0.39, 0.29) is 11.1 Å². The zero-order valence-corrected chi connectivity index (χ0v) is 14.9. The van der Waals surface area contributed by atoms with Gasteiger partial charge < -0.3 is 0 Å². The van der Waals surface area contributed by atoms with E-state index in [1.54, 1.807) is 7.11 Å². The van der Waals surface area contributed by atoms with Gasteiger partial charge in [-0.05, 0) is 0 Å². The molecule has 4 nitrogen and oxygen atoms in total. The van der Waals surface area contributed by atoms with Crippen LogP contribution in [0.4, 0.5) is 4.79 Å². The zero-order valence-electron chi connectivity index (χ0n) is 11.2. The summed E-state index contributed by atoms with van der Waals surface area (Å²) in [7, 11) is 1.59. The van der Waals surface area contributed by atoms with Gasteiger partial charge in [-0.25, -0.2) is 0 Å². The molecule has 20 heavy (non-hydrogen) atoms. The van der Waals surface area contributed by atoms with E-state index in [4.69, 9.17) is 4.74 Å². The van der Waals surface area contributed by atoms with Crippen molar-refractivity contribution in [1.29, 1.82) is 0 Å². The number of allylic oxidation sites excluding steroid dienone is 3. The van der Waals surface area contributed by atoms with Crippen molar-refractivity contribution in [3.8, 4) is 0 Å². The number of carbonyl (C=O) groups is 2. The van der Waals surface area contributed by atoms with E-state index in [1.165, 1.54) is 24.9 Å². The Morgan fingerprint density at radius 1 is 1.40 bits per heavy atom. The standard InChI is InChI=1S/C14H15NO3S.W/c1-9(18-2)7-10-5-3-4-6-11(8-10)12-13(16)15-14(17)19-12;/h7H,1,3-6H2,2H3,(H,15,16,17);/b10-7?,12-11-;. The maximum atomic E-state index is 11.9. The second-order valence-electron chi connectivity index (χ2n) is 4.53. The van der Waals surface area contributed by atoms with E-state index in [0.717, 1.165) is 46.9 Å². The molecule has 1 N–H and O–H groups in total. The quantitative estimate of drug-likeness (QED) is 0.391. The van der Waals surface area contributed by atoms with E-state index < -0.39 is 0 Å². The van der Waals surface area contributed by atoms with E-state index in [9.17, 15) is 9.59 Å². The van der Waals surface area contributed by atoms with Crippen LogP contribution in [0.5, 0.6) is 0 Å². The molecule has 0 bridgehead atoms. The van der Waals surface area contributed by atoms with Gasteiger partial charge in [-0.2, -0.15) is 0 Å². The van der Waals surface area contributed by atoms with Crippen LogP contribution in [0.2, 0.25) is 0 Å². The predicted molar refractivity (Wildman–Crippen MR) is 75.9 cm³/mol. The molecule has 2 fully saturated rings. The summed E-state index contributed by atoms with van der Waals surface area (Å²) in [6, 6.07) is 0. The number of hydrogen-bond donors (Lipinski definition) is 1. The fraction of sp³-hybridized carbons (Fsp3) is 0.357. The fourth-order valence-electron chi connectivity index (χ4n) is 2.16. The second kappa shape index (κ2) is 6.68. The molecule has 1 saturated heterocycles. The Hall–Kier alpha value is -0.932. The van der Waals surface area contributed by atoms with Crippen molar-refractivity contribution in [1.82, 2.24) is 5.32 Å². The van der Waals surface area contributed by atoms with Gasteiger partial charge in [-0.3, -0.25) is 0 Å². The summed E-state index contributed by atoms with van der Waals surface area (Å²) < 4.78 is 6.26. The summed E-state index contributed by atoms with van der Waals surface area (Å²) in [6.07, 6.45) is 5.83. The van der Waals surface area contributed by atoms with Crippen molar-refractivity contribution in [2.75, 3.05) is 7.11 Å². The van der Waals surface area contributed by atoms with Crippen LogP contribution in [0.3, 0.4) is 0 Å². The Labute approximate surface area is 133 Å². The van der Waals surface area contributed by atoms with Crippen molar-refractivity contribution >= 4 is 26.8 Å². The minimum absolute atomic E-state index is 0.263. The van der Waals surface area contributed by atoms with Crippen LogP contribution >= 0.6 is 11.8 Å². The number of carbonyl (C=O) groups excluding carboxylic acids is 2. The van der Waals surface area contributed by atoms with Crippen molar-refractivity contribution in [3.05, 3.63) is 34.5 Å². The van der Waals surface area contributed by atoms with Gasteiger partial charge in [0.2, 0.25) is 0 Å². The van der Waals surface area contributed by atoms with Gasteiger partial charge in [0.25, 0.3) is 0 Å². The minimum atomic E-state index is -0.281. The summed E-state index contributed by atoms with van der Waals surface area (Å²) >= 11 is 2.31. The molecule has 0 radical (unpaired) electrons. The summed E-state index contributed by atoms with van der Waals surface area (Å²) in [5.74, 6) is 0.352. The molecule has 1 aliphatic carbocycles. The van der Waals surface area contributed by atoms with Crippen molar-refractivity contribution < 1.29 is 33.7 Å². The van der Waals surface area contributed by atoms with Crippen LogP contribution in [0.25, 0.3) is 0 Å². The Kier molecular flexibility index (Phi) is 5.16. The SMILES string of the molecule is C=C(C=C1CCCC/C(=C2/SC(=O)NC2=O)[C]1=[W])OC. The number of imide groups is 1. The van der Waals surface area contributed by atoms with Gasteiger partial charge in [-0.15, -0.1) is 0 Å². The molecule has 0 aromatic rings. The molecule has 0 atom stereocenters. The van der Waals surface area contributed by atoms with Crippen molar-refractivity contribution in [2.45, 2.75) is 25.7 Å². The third kappa shape index (κ3) is 3.39. The molecule has 0 aromatic heterocycles. The van der Waals surface area contributed by atoms with Gasteiger partial charge in [0.05, 0.1) is 0 Å². The Morgan fingerprint density at radius 3 is 2.70 bits per heavy atom. The van der Waals surface area contributed by atoms with Crippen LogP contribution in [0.15, 0.2) is 34.5 Å². The average molecular weight is 461 g/mol. The van der Waals surface area contributed by atoms with Gasteiger partial charge in [0.15, 0.2) is 0 Å². The maximum absolute atomic E-state index is 11.9. The molecule has 2 rings (SSSR count). The molecular weight excluding hydrogens is 446 g/mol. The van der Waals surface area contributed by atoms with Crippen molar-refractivity contribution in [3.63, 3.8) is 0 Å². The average Bonchev–Trinajstić information content (AvgIpc) is 2.64. The van der Waals surface area contributed by atoms with Crippen LogP contribution < -0.4 is 5.32 Å². The number of nitrogens with one attached hydrogen (secondary N) is 1. The van der Waals surface area contributed by atoms with E-state index in [2.05, 4.69) is 11.9 Å². The molecule has 2 amide bonds. The van der Waals surface area contributed by atoms with Gasteiger partial charge in [0, 0.05) is 0 Å². The van der Waals surface area contributed by atoms with Gasteiger partial charge in [-0.1, -0.05) is 0 Å². The first kappa shape index (κ1) is 15.5. The Bertz CT molecular complexity index is 563. The predicted octanol–water partition coefficient (Wildman–Crippen LogP) is 2.60. The Balaban J connectivity index is 2.39. The number of methoxy groups -OCH3 is 1. The van der Waals surface area contributed by atoms with E-state index in [0.29, 0.717) is 10.7 Å². The number of thioether (sulfide) groups is 1. The van der Waals surface area contributed by atoms with E-state index in [1.807, 2.05) is 6.08 Å². The third-order valence-corrected chi connectivity index (χ3v) is 5.93. The first-order chi connectivity index (χ1) is 9.52. The van der Waals surface area contributed by atoms with Crippen LogP contribution in [0.1, 0.15) is 25.7 Å². The molecular formula is C14H15NO3SW. The second-order valence-corrected chi connectivity index (χ2v) is 6.98. The molecule has 0 spiro atoms. The van der Waals surface area contributed by atoms with Crippen molar-refractivity contribution in [2.24, 2.45) is 0 Å². The molecule has 6 heteroatoms. The first-order valence-corrected chi connectivity index (χ1v) is 8.55. The number of hydrogen-bond acceptors (Lipinski definition) is 4. The normalized spacial score (nSPS) is 25.6. The van der Waals surface area contributed by atoms with Crippen LogP contribution in [-0.2, 0) is 28.9 Å². The summed E-state index contributed by atoms with van der Waals surface area (Å²) in [4.78, 5) is 23.8. The molecule has 1 heterocycles. The van der Waals surface area contributed by atoms with Gasteiger partial charge in [0.1, 0.15) is 0 Å².